The van der Waals surface area contributed by atoms with Crippen LogP contribution in [0.3, 0.4) is 0 Å². The molecule has 5 rings (SSSR count). The SMILES string of the molecule is O=C(COc1ccc(/C=C2\SC(=O)N(Cc3cc4c(cc3Cl)OCO4)C2=O)cc1)N1CCCCC1. The second-order valence-corrected chi connectivity index (χ2v) is 9.76. The molecule has 0 aromatic heterocycles. The monoisotopic (exact) mass is 514 g/mol. The van der Waals surface area contributed by atoms with Gasteiger partial charge < -0.3 is 19.1 Å². The first-order valence-corrected chi connectivity index (χ1v) is 12.5. The predicted octanol–water partition coefficient (Wildman–Crippen LogP) is 4.70. The number of carbonyl (C=O) groups is 3. The molecule has 0 spiro atoms. The maximum Gasteiger partial charge on any atom is 0.293 e. The number of benzene rings is 2. The summed E-state index contributed by atoms with van der Waals surface area (Å²) in [5.41, 5.74) is 1.34. The lowest BCUT2D eigenvalue weighted by atomic mass is 10.1. The predicted molar refractivity (Wildman–Crippen MR) is 131 cm³/mol. The standard InChI is InChI=1S/C25H23ClN2O6S/c26-19-12-21-20(33-15-34-21)11-17(19)13-28-24(30)22(35-25(28)31)10-16-4-6-18(7-5-16)32-14-23(29)27-8-2-1-3-9-27/h4-7,10-12H,1-3,8-9,13-15H2/b22-10-. The fourth-order valence-electron chi connectivity index (χ4n) is 4.08. The topological polar surface area (TPSA) is 85.4 Å². The Morgan fingerprint density at radius 3 is 2.51 bits per heavy atom. The van der Waals surface area contributed by atoms with Crippen LogP contribution in [0, 0.1) is 0 Å². The molecular weight excluding hydrogens is 492 g/mol. The Labute approximate surface area is 211 Å². The van der Waals surface area contributed by atoms with Gasteiger partial charge in [0.1, 0.15) is 5.75 Å². The number of carbonyl (C=O) groups excluding carboxylic acids is 3. The number of nitrogens with zero attached hydrogens (tertiary/aromatic N) is 2. The Kier molecular flexibility index (Phi) is 6.88. The van der Waals surface area contributed by atoms with Gasteiger partial charge in [-0.1, -0.05) is 23.7 Å². The number of piperidine rings is 1. The first-order valence-electron chi connectivity index (χ1n) is 11.3. The van der Waals surface area contributed by atoms with Gasteiger partial charge in [0, 0.05) is 24.2 Å². The Bertz CT molecular complexity index is 1190. The zero-order chi connectivity index (χ0) is 24.4. The van der Waals surface area contributed by atoms with Gasteiger partial charge >= 0.3 is 0 Å². The zero-order valence-electron chi connectivity index (χ0n) is 18.8. The van der Waals surface area contributed by atoms with Gasteiger partial charge in [0.05, 0.1) is 11.4 Å². The van der Waals surface area contributed by atoms with E-state index >= 15 is 0 Å². The summed E-state index contributed by atoms with van der Waals surface area (Å²) in [6, 6.07) is 10.4. The molecule has 35 heavy (non-hydrogen) atoms. The van der Waals surface area contributed by atoms with Crippen LogP contribution in [0.1, 0.15) is 30.4 Å². The van der Waals surface area contributed by atoms with Gasteiger partial charge in [0.15, 0.2) is 18.1 Å². The molecule has 2 saturated heterocycles. The number of amides is 3. The van der Waals surface area contributed by atoms with Crippen molar-refractivity contribution < 1.29 is 28.6 Å². The quantitative estimate of drug-likeness (QED) is 0.517. The van der Waals surface area contributed by atoms with Crippen molar-refractivity contribution in [2.75, 3.05) is 26.5 Å². The third-order valence-electron chi connectivity index (χ3n) is 5.99. The molecule has 0 N–H and O–H groups in total. The average molecular weight is 515 g/mol. The van der Waals surface area contributed by atoms with E-state index in [0.717, 1.165) is 54.6 Å². The molecule has 0 saturated carbocycles. The molecule has 0 radical (unpaired) electrons. The van der Waals surface area contributed by atoms with E-state index in [0.29, 0.717) is 32.7 Å². The molecule has 2 aromatic carbocycles. The number of fused-ring (bicyclic) bond motifs is 1. The van der Waals surface area contributed by atoms with Crippen molar-refractivity contribution in [1.82, 2.24) is 9.80 Å². The summed E-state index contributed by atoms with van der Waals surface area (Å²) in [4.78, 5) is 41.0. The minimum atomic E-state index is -0.388. The average Bonchev–Trinajstić information content (AvgIpc) is 3.43. The van der Waals surface area contributed by atoms with Crippen LogP contribution >= 0.6 is 23.4 Å². The Morgan fingerprint density at radius 1 is 1.06 bits per heavy atom. The summed E-state index contributed by atoms with van der Waals surface area (Å²) in [5, 5.41) is 0.0257. The minimum Gasteiger partial charge on any atom is -0.484 e. The molecule has 0 aliphatic carbocycles. The lowest BCUT2D eigenvalue weighted by Crippen LogP contribution is -2.38. The molecule has 0 unspecified atom stereocenters. The molecule has 3 heterocycles. The number of halogens is 1. The highest BCUT2D eigenvalue weighted by Gasteiger charge is 2.35. The summed E-state index contributed by atoms with van der Waals surface area (Å²) in [6.45, 7) is 1.72. The highest BCUT2D eigenvalue weighted by molar-refractivity contribution is 8.18. The van der Waals surface area contributed by atoms with Gasteiger partial charge in [-0.3, -0.25) is 19.3 Å². The maximum atomic E-state index is 12.9. The van der Waals surface area contributed by atoms with E-state index in [1.54, 1.807) is 42.5 Å². The largest absolute Gasteiger partial charge is 0.484 e. The van der Waals surface area contributed by atoms with Crippen LogP contribution in [-0.2, 0) is 16.1 Å². The summed E-state index contributed by atoms with van der Waals surface area (Å²) in [5.74, 6) is 1.24. The Hall–Kier alpha value is -3.17. The number of ether oxygens (including phenoxy) is 3. The van der Waals surface area contributed by atoms with Crippen LogP contribution in [0.4, 0.5) is 4.79 Å². The van der Waals surface area contributed by atoms with E-state index in [9.17, 15) is 14.4 Å². The lowest BCUT2D eigenvalue weighted by Gasteiger charge is -2.26. The number of hydrogen-bond donors (Lipinski definition) is 0. The first-order chi connectivity index (χ1) is 17.0. The number of imide groups is 1. The molecule has 0 bridgehead atoms. The highest BCUT2D eigenvalue weighted by Crippen LogP contribution is 2.39. The fourth-order valence-corrected chi connectivity index (χ4v) is 5.13. The molecular formula is C25H23ClN2O6S. The second-order valence-electron chi connectivity index (χ2n) is 8.36. The minimum absolute atomic E-state index is 0.000649. The summed E-state index contributed by atoms with van der Waals surface area (Å²) >= 11 is 7.19. The van der Waals surface area contributed by atoms with Crippen molar-refractivity contribution in [3.05, 3.63) is 57.5 Å². The van der Waals surface area contributed by atoms with E-state index in [2.05, 4.69) is 0 Å². The molecule has 3 aliphatic rings. The fraction of sp³-hybridized carbons (Fsp3) is 0.320. The van der Waals surface area contributed by atoms with Crippen molar-refractivity contribution in [3.8, 4) is 17.2 Å². The molecule has 3 amide bonds. The zero-order valence-corrected chi connectivity index (χ0v) is 20.4. The van der Waals surface area contributed by atoms with Crippen LogP contribution in [0.25, 0.3) is 6.08 Å². The van der Waals surface area contributed by atoms with E-state index in [1.807, 2.05) is 4.90 Å². The van der Waals surface area contributed by atoms with E-state index in [4.69, 9.17) is 25.8 Å². The van der Waals surface area contributed by atoms with Crippen molar-refractivity contribution in [2.24, 2.45) is 0 Å². The molecule has 8 nitrogen and oxygen atoms in total. The summed E-state index contributed by atoms with van der Waals surface area (Å²) in [6.07, 6.45) is 4.90. The third-order valence-corrected chi connectivity index (χ3v) is 7.25. The smallest absolute Gasteiger partial charge is 0.293 e. The van der Waals surface area contributed by atoms with Gasteiger partial charge in [-0.05, 0) is 66.4 Å². The first kappa shape index (κ1) is 23.6. The normalized spacial score (nSPS) is 18.5. The molecule has 182 valence electrons. The van der Waals surface area contributed by atoms with Crippen LogP contribution in [0.2, 0.25) is 5.02 Å². The van der Waals surface area contributed by atoms with E-state index in [-0.39, 0.29) is 37.0 Å². The summed E-state index contributed by atoms with van der Waals surface area (Å²) in [7, 11) is 0. The Morgan fingerprint density at radius 2 is 1.77 bits per heavy atom. The van der Waals surface area contributed by atoms with Gasteiger partial charge in [-0.15, -0.1) is 0 Å². The molecule has 2 fully saturated rings. The van der Waals surface area contributed by atoms with Crippen LogP contribution in [0.15, 0.2) is 41.3 Å². The second kappa shape index (κ2) is 10.2. The van der Waals surface area contributed by atoms with Gasteiger partial charge in [-0.2, -0.15) is 0 Å². The molecule has 3 aliphatic heterocycles. The van der Waals surface area contributed by atoms with Crippen LogP contribution < -0.4 is 14.2 Å². The maximum absolute atomic E-state index is 12.9. The van der Waals surface area contributed by atoms with Crippen LogP contribution in [-0.4, -0.2) is 53.3 Å². The number of rotatable bonds is 6. The van der Waals surface area contributed by atoms with Crippen molar-refractivity contribution in [3.63, 3.8) is 0 Å². The van der Waals surface area contributed by atoms with Crippen molar-refractivity contribution in [1.29, 1.82) is 0 Å². The molecule has 2 aromatic rings. The Balaban J connectivity index is 1.21. The summed E-state index contributed by atoms with van der Waals surface area (Å²) < 4.78 is 16.3. The van der Waals surface area contributed by atoms with Crippen molar-refractivity contribution in [2.45, 2.75) is 25.8 Å². The van der Waals surface area contributed by atoms with Crippen molar-refractivity contribution >= 4 is 46.5 Å². The molecule has 0 atom stereocenters. The molecule has 10 heteroatoms. The van der Waals surface area contributed by atoms with E-state index < -0.39 is 0 Å². The van der Waals surface area contributed by atoms with E-state index in [1.165, 1.54) is 0 Å². The number of hydrogen-bond acceptors (Lipinski definition) is 7. The highest BCUT2D eigenvalue weighted by atomic mass is 35.5. The van der Waals surface area contributed by atoms with Gasteiger partial charge in [0.2, 0.25) is 6.79 Å². The van der Waals surface area contributed by atoms with Gasteiger partial charge in [0.25, 0.3) is 17.1 Å². The lowest BCUT2D eigenvalue weighted by molar-refractivity contribution is -0.134. The van der Waals surface area contributed by atoms with Gasteiger partial charge in [-0.25, -0.2) is 0 Å². The third kappa shape index (κ3) is 5.26. The number of likely N-dealkylation sites (tertiary alicyclic amines) is 1. The number of thioether (sulfide) groups is 1. The van der Waals surface area contributed by atoms with Crippen LogP contribution in [0.5, 0.6) is 17.2 Å².